The number of amides is 2. The normalized spacial score (nSPS) is 16.7. The fourth-order valence-electron chi connectivity index (χ4n) is 3.93. The van der Waals surface area contributed by atoms with Crippen LogP contribution in [0.2, 0.25) is 0 Å². The summed E-state index contributed by atoms with van der Waals surface area (Å²) in [5.41, 5.74) is 0.801. The average molecular weight is 958 g/mol. The van der Waals surface area contributed by atoms with Gasteiger partial charge in [-0.3, -0.25) is 28.8 Å². The number of halogens is 3. The molecule has 0 saturated carbocycles. The Morgan fingerprint density at radius 1 is 0.886 bits per heavy atom. The van der Waals surface area contributed by atoms with Crippen molar-refractivity contribution in [1.82, 2.24) is 5.32 Å². The summed E-state index contributed by atoms with van der Waals surface area (Å²) in [5.74, 6) is -4.60. The Kier molecular flexibility index (Phi) is 15.0. The first-order valence-electron chi connectivity index (χ1n) is 13.1. The molecule has 1 aliphatic heterocycles. The molecule has 1 heterocycles. The number of benzene rings is 1. The SMILES string of the molecule is CC(=O)OCc1c(I)c(NC(=O)C(CC2COC(C)(C)O2)OC(C)=O)c(I)c(C(=O)NCC(COC(C)=O)OC(C)=O)c1I. The van der Waals surface area contributed by atoms with Gasteiger partial charge in [0.15, 0.2) is 18.0 Å². The van der Waals surface area contributed by atoms with Crippen LogP contribution in [0, 0.1) is 10.7 Å². The fourth-order valence-corrected chi connectivity index (χ4v) is 8.17. The maximum atomic E-state index is 13.5. The van der Waals surface area contributed by atoms with Crippen molar-refractivity contribution in [2.45, 2.75) is 78.7 Å². The average Bonchev–Trinajstić information content (AvgIpc) is 3.24. The molecule has 0 radical (unpaired) electrons. The fraction of sp³-hybridized carbons (Fsp3) is 0.556. The predicted molar refractivity (Wildman–Crippen MR) is 178 cm³/mol. The van der Waals surface area contributed by atoms with Gasteiger partial charge in [0.25, 0.3) is 11.8 Å². The minimum absolute atomic E-state index is 0.0138. The molecule has 1 saturated heterocycles. The van der Waals surface area contributed by atoms with Crippen LogP contribution in [0.5, 0.6) is 0 Å². The summed E-state index contributed by atoms with van der Waals surface area (Å²) in [7, 11) is 0. The highest BCUT2D eigenvalue weighted by molar-refractivity contribution is 14.1. The van der Waals surface area contributed by atoms with Gasteiger partial charge in [0.1, 0.15) is 13.2 Å². The van der Waals surface area contributed by atoms with Crippen molar-refractivity contribution in [3.8, 4) is 0 Å². The number of hydrogen-bond donors (Lipinski definition) is 2. The minimum atomic E-state index is -1.25. The lowest BCUT2D eigenvalue weighted by Gasteiger charge is -2.24. The van der Waals surface area contributed by atoms with Crippen LogP contribution < -0.4 is 10.6 Å². The molecule has 1 aliphatic rings. The van der Waals surface area contributed by atoms with Gasteiger partial charge in [0.2, 0.25) is 0 Å². The number of rotatable bonds is 13. The Hall–Kier alpha value is -1.85. The molecular formula is C27H33I3N2O12. The van der Waals surface area contributed by atoms with Gasteiger partial charge in [-0.1, -0.05) is 0 Å². The number of hydrogen-bond acceptors (Lipinski definition) is 12. The Balaban J connectivity index is 2.45. The second-order valence-electron chi connectivity index (χ2n) is 9.97. The van der Waals surface area contributed by atoms with E-state index in [1.54, 1.807) is 13.8 Å². The molecule has 17 heteroatoms. The number of anilines is 1. The van der Waals surface area contributed by atoms with E-state index in [-0.39, 0.29) is 44.0 Å². The largest absolute Gasteiger partial charge is 0.462 e. The zero-order valence-corrected chi connectivity index (χ0v) is 31.3. The third-order valence-electron chi connectivity index (χ3n) is 5.74. The van der Waals surface area contributed by atoms with E-state index in [1.165, 1.54) is 27.7 Å². The van der Waals surface area contributed by atoms with Crippen LogP contribution in [-0.2, 0) is 59.0 Å². The molecule has 2 N–H and O–H groups in total. The molecule has 1 fully saturated rings. The van der Waals surface area contributed by atoms with Crippen molar-refractivity contribution >= 4 is 109 Å². The molecule has 244 valence electrons. The topological polar surface area (TPSA) is 182 Å². The van der Waals surface area contributed by atoms with Gasteiger partial charge in [0, 0.05) is 46.8 Å². The van der Waals surface area contributed by atoms with Crippen molar-refractivity contribution < 1.29 is 57.2 Å². The molecule has 2 rings (SSSR count). The van der Waals surface area contributed by atoms with Crippen LogP contribution in [0.15, 0.2) is 0 Å². The highest BCUT2D eigenvalue weighted by atomic mass is 127. The minimum Gasteiger partial charge on any atom is -0.462 e. The second-order valence-corrected chi connectivity index (χ2v) is 13.2. The molecular weight excluding hydrogens is 925 g/mol. The zero-order chi connectivity index (χ0) is 33.4. The van der Waals surface area contributed by atoms with Gasteiger partial charge in [-0.2, -0.15) is 0 Å². The molecule has 3 atom stereocenters. The highest BCUT2D eigenvalue weighted by Gasteiger charge is 2.37. The lowest BCUT2D eigenvalue weighted by molar-refractivity contribution is -0.158. The standard InChI is InChI=1S/C27H33I3N2O12/c1-12(33)39-9-17(42-14(3)35)8-31-26(38)20-21(28)18(11-40-13(2)34)22(29)24(23(20)30)32-25(37)19(43-15(4)36)7-16-10-41-27(5,6)44-16/h16-17,19H,7-11H2,1-6H3,(H,31,38)(H,32,37). The number of esters is 4. The summed E-state index contributed by atoms with van der Waals surface area (Å²) in [4.78, 5) is 73.4. The summed E-state index contributed by atoms with van der Waals surface area (Å²) in [6.45, 7) is 7.77. The van der Waals surface area contributed by atoms with Gasteiger partial charge in [-0.05, 0) is 81.6 Å². The van der Waals surface area contributed by atoms with E-state index in [1.807, 2.05) is 67.8 Å². The van der Waals surface area contributed by atoms with Crippen LogP contribution >= 0.6 is 67.8 Å². The van der Waals surface area contributed by atoms with Crippen molar-refractivity contribution in [1.29, 1.82) is 0 Å². The second kappa shape index (κ2) is 17.2. The van der Waals surface area contributed by atoms with Crippen LogP contribution in [0.4, 0.5) is 5.69 Å². The van der Waals surface area contributed by atoms with E-state index >= 15 is 0 Å². The van der Waals surface area contributed by atoms with E-state index in [0.29, 0.717) is 16.3 Å². The van der Waals surface area contributed by atoms with Crippen LogP contribution in [0.3, 0.4) is 0 Å². The molecule has 1 aromatic carbocycles. The van der Waals surface area contributed by atoms with Crippen LogP contribution in [0.25, 0.3) is 0 Å². The maximum Gasteiger partial charge on any atom is 0.303 e. The smallest absolute Gasteiger partial charge is 0.303 e. The Bertz CT molecular complexity index is 1300. The van der Waals surface area contributed by atoms with Gasteiger partial charge in [-0.15, -0.1) is 0 Å². The summed E-state index contributed by atoms with van der Waals surface area (Å²) in [5, 5.41) is 5.44. The summed E-state index contributed by atoms with van der Waals surface area (Å²) >= 11 is 5.82. The van der Waals surface area contributed by atoms with Crippen LogP contribution in [-0.4, -0.2) is 79.5 Å². The first kappa shape index (κ1) is 38.3. The lowest BCUT2D eigenvalue weighted by Crippen LogP contribution is -2.39. The summed E-state index contributed by atoms with van der Waals surface area (Å²) in [6, 6.07) is 0. The third-order valence-corrected chi connectivity index (χ3v) is 9.20. The number of ether oxygens (including phenoxy) is 6. The molecule has 3 unspecified atom stereocenters. The van der Waals surface area contributed by atoms with Gasteiger partial charge in [-0.25, -0.2) is 0 Å². The molecule has 0 spiro atoms. The molecule has 0 aromatic heterocycles. The van der Waals surface area contributed by atoms with E-state index in [2.05, 4.69) is 10.6 Å². The van der Waals surface area contributed by atoms with E-state index in [0.717, 1.165) is 0 Å². The molecule has 0 aliphatic carbocycles. The lowest BCUT2D eigenvalue weighted by atomic mass is 10.1. The van der Waals surface area contributed by atoms with E-state index < -0.39 is 59.8 Å². The van der Waals surface area contributed by atoms with E-state index in [9.17, 15) is 28.8 Å². The molecule has 44 heavy (non-hydrogen) atoms. The Labute approximate surface area is 295 Å². The molecule has 2 amide bonds. The first-order chi connectivity index (χ1) is 20.4. The molecule has 0 bridgehead atoms. The molecule has 1 aromatic rings. The quantitative estimate of drug-likeness (QED) is 0.168. The molecule has 14 nitrogen and oxygen atoms in total. The third kappa shape index (κ3) is 11.8. The van der Waals surface area contributed by atoms with Crippen LogP contribution in [0.1, 0.15) is 63.9 Å². The predicted octanol–water partition coefficient (Wildman–Crippen LogP) is 3.20. The Morgan fingerprint density at radius 2 is 1.50 bits per heavy atom. The monoisotopic (exact) mass is 958 g/mol. The maximum absolute atomic E-state index is 13.5. The summed E-state index contributed by atoms with van der Waals surface area (Å²) < 4.78 is 33.2. The van der Waals surface area contributed by atoms with Crippen molar-refractivity contribution in [3.05, 3.63) is 21.8 Å². The zero-order valence-electron chi connectivity index (χ0n) is 24.8. The van der Waals surface area contributed by atoms with Crippen molar-refractivity contribution in [2.24, 2.45) is 0 Å². The first-order valence-corrected chi connectivity index (χ1v) is 16.4. The number of carbonyl (C=O) groups excluding carboxylic acids is 6. The summed E-state index contributed by atoms with van der Waals surface area (Å²) in [6.07, 6.45) is -2.72. The van der Waals surface area contributed by atoms with Crippen molar-refractivity contribution in [2.75, 3.05) is 25.1 Å². The number of carbonyl (C=O) groups is 6. The Morgan fingerprint density at radius 3 is 2.02 bits per heavy atom. The number of nitrogens with one attached hydrogen (secondary N) is 2. The van der Waals surface area contributed by atoms with Crippen molar-refractivity contribution in [3.63, 3.8) is 0 Å². The van der Waals surface area contributed by atoms with E-state index in [4.69, 9.17) is 28.4 Å². The van der Waals surface area contributed by atoms with Gasteiger partial charge >= 0.3 is 23.9 Å². The van der Waals surface area contributed by atoms with Gasteiger partial charge in [0.05, 0.1) is 34.1 Å². The highest BCUT2D eigenvalue weighted by Crippen LogP contribution is 2.36. The van der Waals surface area contributed by atoms with Gasteiger partial charge < -0.3 is 39.1 Å².